The largest absolute Gasteiger partial charge is 0.490 e. The molecule has 186 valence electrons. The van der Waals surface area contributed by atoms with E-state index in [2.05, 4.69) is 22.6 Å². The van der Waals surface area contributed by atoms with Crippen LogP contribution < -0.4 is 9.47 Å². The number of carbonyl (C=O) groups is 2. The molecule has 1 aliphatic heterocycles. The summed E-state index contributed by atoms with van der Waals surface area (Å²) in [5.41, 5.74) is 3.52. The average Bonchev–Trinajstić information content (AvgIpc) is 3.07. The number of imide groups is 1. The highest BCUT2D eigenvalue weighted by molar-refractivity contribution is 14.1. The van der Waals surface area contributed by atoms with Crippen molar-refractivity contribution in [1.29, 1.82) is 0 Å². The number of rotatable bonds is 8. The Bertz CT molecular complexity index is 1360. The zero-order chi connectivity index (χ0) is 25.8. The quantitative estimate of drug-likeness (QED) is 0.182. The fourth-order valence-electron chi connectivity index (χ4n) is 3.64. The third-order valence-electron chi connectivity index (χ3n) is 5.31. The molecule has 0 radical (unpaired) electrons. The molecule has 36 heavy (non-hydrogen) atoms. The van der Waals surface area contributed by atoms with Crippen molar-refractivity contribution in [2.75, 3.05) is 6.61 Å². The van der Waals surface area contributed by atoms with Crippen LogP contribution in [0.4, 0.5) is 4.79 Å². The van der Waals surface area contributed by atoms with Crippen molar-refractivity contribution in [3.05, 3.63) is 95.4 Å². The lowest BCUT2D eigenvalue weighted by Gasteiger charge is -2.15. The van der Waals surface area contributed by atoms with Gasteiger partial charge in [0, 0.05) is 15.6 Å². The van der Waals surface area contributed by atoms with Crippen molar-refractivity contribution < 1.29 is 19.1 Å². The van der Waals surface area contributed by atoms with Gasteiger partial charge < -0.3 is 9.47 Å². The first-order chi connectivity index (χ1) is 17.2. The fourth-order valence-corrected chi connectivity index (χ4v) is 5.73. The van der Waals surface area contributed by atoms with Crippen LogP contribution in [0, 0.1) is 10.5 Å². The number of ether oxygens (including phenoxy) is 2. The van der Waals surface area contributed by atoms with Crippen LogP contribution in [-0.4, -0.2) is 22.7 Å². The Balaban J connectivity index is 1.56. The van der Waals surface area contributed by atoms with E-state index in [0.717, 1.165) is 37.6 Å². The molecule has 0 bridgehead atoms. The fraction of sp³-hybridized carbons (Fsp3) is 0.185. The number of amides is 2. The highest BCUT2D eigenvalue weighted by atomic mass is 127. The van der Waals surface area contributed by atoms with Gasteiger partial charge >= 0.3 is 0 Å². The van der Waals surface area contributed by atoms with Crippen LogP contribution in [-0.2, 0) is 17.9 Å². The van der Waals surface area contributed by atoms with Crippen molar-refractivity contribution in [1.82, 2.24) is 4.90 Å². The first-order valence-electron chi connectivity index (χ1n) is 11.1. The van der Waals surface area contributed by atoms with Gasteiger partial charge in [0.1, 0.15) is 6.61 Å². The molecule has 0 N–H and O–H groups in total. The summed E-state index contributed by atoms with van der Waals surface area (Å²) in [6.45, 7) is 4.78. The molecule has 9 heteroatoms. The van der Waals surface area contributed by atoms with Gasteiger partial charge in [-0.25, -0.2) is 0 Å². The minimum absolute atomic E-state index is 0.239. The van der Waals surface area contributed by atoms with Crippen LogP contribution >= 0.6 is 57.6 Å². The van der Waals surface area contributed by atoms with E-state index in [1.165, 1.54) is 4.90 Å². The second kappa shape index (κ2) is 11.9. The van der Waals surface area contributed by atoms with Crippen molar-refractivity contribution in [3.8, 4) is 11.5 Å². The standard InChI is InChI=1S/C27H22Cl2INO4S/c1-3-34-23-11-18(10-22(30)25(23)35-15-19-7-8-20(28)13-21(19)29)12-24-26(32)31(27(33)36-24)14-17-6-4-5-16(2)9-17/h4-13H,3,14-15H2,1-2H3/b24-12-. The smallest absolute Gasteiger partial charge is 0.293 e. The van der Waals surface area contributed by atoms with Gasteiger partial charge in [0.15, 0.2) is 11.5 Å². The van der Waals surface area contributed by atoms with Gasteiger partial charge in [-0.05, 0) is 89.7 Å². The summed E-state index contributed by atoms with van der Waals surface area (Å²) < 4.78 is 12.7. The third kappa shape index (κ3) is 6.37. The molecule has 3 aromatic rings. The Kier molecular flexibility index (Phi) is 8.87. The summed E-state index contributed by atoms with van der Waals surface area (Å²) in [4.78, 5) is 27.3. The summed E-state index contributed by atoms with van der Waals surface area (Å²) in [5, 5.41) is 0.793. The number of benzene rings is 3. The van der Waals surface area contributed by atoms with Crippen LogP contribution in [0.15, 0.2) is 59.5 Å². The zero-order valence-electron chi connectivity index (χ0n) is 19.5. The number of hydrogen-bond donors (Lipinski definition) is 0. The summed E-state index contributed by atoms with van der Waals surface area (Å²) in [6, 6.07) is 16.7. The molecule has 0 aromatic heterocycles. The summed E-state index contributed by atoms with van der Waals surface area (Å²) in [5.74, 6) is 0.810. The van der Waals surface area contributed by atoms with E-state index < -0.39 is 0 Å². The van der Waals surface area contributed by atoms with Gasteiger partial charge in [0.05, 0.1) is 21.6 Å². The van der Waals surface area contributed by atoms with E-state index >= 15 is 0 Å². The molecular weight excluding hydrogens is 632 g/mol. The van der Waals surface area contributed by atoms with Crippen LogP contribution in [0.25, 0.3) is 6.08 Å². The second-order valence-corrected chi connectivity index (χ2v) is 11.0. The first kappa shape index (κ1) is 26.9. The molecule has 1 saturated heterocycles. The molecular formula is C27H22Cl2INO4S. The number of hydrogen-bond acceptors (Lipinski definition) is 5. The highest BCUT2D eigenvalue weighted by Crippen LogP contribution is 2.38. The molecule has 0 spiro atoms. The van der Waals surface area contributed by atoms with Crippen LogP contribution in [0.1, 0.15) is 29.2 Å². The van der Waals surface area contributed by atoms with Gasteiger partial charge in [-0.1, -0.05) is 59.1 Å². The predicted octanol–water partition coefficient (Wildman–Crippen LogP) is 8.12. The molecule has 4 rings (SSSR count). The van der Waals surface area contributed by atoms with E-state index in [1.807, 2.05) is 50.2 Å². The number of carbonyl (C=O) groups excluding carboxylic acids is 2. The SMILES string of the molecule is CCOc1cc(/C=C2\SC(=O)N(Cc3cccc(C)c3)C2=O)cc(I)c1OCc1ccc(Cl)cc1Cl. The van der Waals surface area contributed by atoms with Gasteiger partial charge in [0.25, 0.3) is 11.1 Å². The maximum Gasteiger partial charge on any atom is 0.293 e. The Labute approximate surface area is 237 Å². The Morgan fingerprint density at radius 1 is 1.06 bits per heavy atom. The molecule has 3 aromatic carbocycles. The van der Waals surface area contributed by atoms with Crippen molar-refractivity contribution in [2.45, 2.75) is 27.0 Å². The third-order valence-corrected chi connectivity index (χ3v) is 7.61. The lowest BCUT2D eigenvalue weighted by molar-refractivity contribution is -0.123. The number of halogens is 3. The minimum atomic E-state index is -0.308. The van der Waals surface area contributed by atoms with Crippen LogP contribution in [0.3, 0.4) is 0 Å². The van der Waals surface area contributed by atoms with E-state index in [-0.39, 0.29) is 24.3 Å². The molecule has 1 heterocycles. The maximum atomic E-state index is 13.0. The predicted molar refractivity (Wildman–Crippen MR) is 154 cm³/mol. The number of thioether (sulfide) groups is 1. The first-order valence-corrected chi connectivity index (χ1v) is 13.7. The molecule has 5 nitrogen and oxygen atoms in total. The Hall–Kier alpha value is -2.20. The lowest BCUT2D eigenvalue weighted by Crippen LogP contribution is -2.27. The summed E-state index contributed by atoms with van der Waals surface area (Å²) in [7, 11) is 0. The van der Waals surface area contributed by atoms with E-state index in [9.17, 15) is 9.59 Å². The van der Waals surface area contributed by atoms with Crippen molar-refractivity contribution >= 4 is 74.8 Å². The van der Waals surface area contributed by atoms with Crippen LogP contribution in [0.5, 0.6) is 11.5 Å². The highest BCUT2D eigenvalue weighted by Gasteiger charge is 2.35. The molecule has 1 fully saturated rings. The van der Waals surface area contributed by atoms with Gasteiger partial charge in [0.2, 0.25) is 0 Å². The summed E-state index contributed by atoms with van der Waals surface area (Å²) >= 11 is 15.4. The lowest BCUT2D eigenvalue weighted by atomic mass is 10.1. The molecule has 1 aliphatic rings. The normalized spacial score (nSPS) is 14.6. The van der Waals surface area contributed by atoms with E-state index in [4.69, 9.17) is 32.7 Å². The van der Waals surface area contributed by atoms with Crippen LogP contribution in [0.2, 0.25) is 10.0 Å². The maximum absolute atomic E-state index is 13.0. The minimum Gasteiger partial charge on any atom is -0.490 e. The van der Waals surface area contributed by atoms with Crippen molar-refractivity contribution in [2.24, 2.45) is 0 Å². The second-order valence-electron chi connectivity index (χ2n) is 8.04. The Morgan fingerprint density at radius 3 is 2.58 bits per heavy atom. The van der Waals surface area contributed by atoms with E-state index in [1.54, 1.807) is 24.3 Å². The number of nitrogens with zero attached hydrogens (tertiary/aromatic N) is 1. The molecule has 0 aliphatic carbocycles. The molecule has 0 unspecified atom stereocenters. The topological polar surface area (TPSA) is 55.8 Å². The van der Waals surface area contributed by atoms with Crippen molar-refractivity contribution in [3.63, 3.8) is 0 Å². The monoisotopic (exact) mass is 653 g/mol. The molecule has 2 amide bonds. The van der Waals surface area contributed by atoms with E-state index in [0.29, 0.717) is 33.1 Å². The Morgan fingerprint density at radius 2 is 1.86 bits per heavy atom. The zero-order valence-corrected chi connectivity index (χ0v) is 24.0. The molecule has 0 saturated carbocycles. The van der Waals surface area contributed by atoms with Gasteiger partial charge in [-0.15, -0.1) is 0 Å². The number of aryl methyl sites for hydroxylation is 1. The molecule has 0 atom stereocenters. The van der Waals surface area contributed by atoms with Gasteiger partial charge in [-0.2, -0.15) is 0 Å². The van der Waals surface area contributed by atoms with Gasteiger partial charge in [-0.3, -0.25) is 14.5 Å². The summed E-state index contributed by atoms with van der Waals surface area (Å²) in [6.07, 6.45) is 1.71. The average molecular weight is 654 g/mol.